The van der Waals surface area contributed by atoms with Gasteiger partial charge in [-0.3, -0.25) is 0 Å². The second-order valence-electron chi connectivity index (χ2n) is 4.22. The summed E-state index contributed by atoms with van der Waals surface area (Å²) in [6.45, 7) is 0. The molecule has 0 bridgehead atoms. The van der Waals surface area contributed by atoms with Gasteiger partial charge in [0.15, 0.2) is 0 Å². The average molecular weight is 236 g/mol. The lowest BCUT2D eigenvalue weighted by molar-refractivity contribution is 0.956. The van der Waals surface area contributed by atoms with E-state index in [9.17, 15) is 0 Å². The minimum atomic E-state index is 0.768. The Morgan fingerprint density at radius 3 is 2.50 bits per heavy atom. The molecule has 0 saturated heterocycles. The highest BCUT2D eigenvalue weighted by molar-refractivity contribution is 5.51. The molecule has 18 heavy (non-hydrogen) atoms. The van der Waals surface area contributed by atoms with Crippen molar-refractivity contribution >= 4 is 5.69 Å². The minimum absolute atomic E-state index is 0.768. The zero-order valence-electron chi connectivity index (χ0n) is 10.5. The number of hydrogen-bond donors (Lipinski definition) is 1. The quantitative estimate of drug-likeness (QED) is 0.883. The van der Waals surface area contributed by atoms with Crippen molar-refractivity contribution in [2.45, 2.75) is 12.8 Å². The number of nitriles is 1. The monoisotopic (exact) mass is 236 g/mol. The summed E-state index contributed by atoms with van der Waals surface area (Å²) in [6.07, 6.45) is 1.85. The maximum Gasteiger partial charge on any atom is 0.0994 e. The van der Waals surface area contributed by atoms with Gasteiger partial charge in [0.1, 0.15) is 0 Å². The molecule has 0 atom stereocenters. The summed E-state index contributed by atoms with van der Waals surface area (Å²) in [7, 11) is 1.89. The lowest BCUT2D eigenvalue weighted by Crippen LogP contribution is -1.97. The standard InChI is InChI=1S/C16H16N2/c1-18-16-10-9-15(12-17)14(11-16)8-7-13-5-3-2-4-6-13/h2-6,9-11,18H,7-8H2,1H3. The highest BCUT2D eigenvalue weighted by atomic mass is 14.8. The van der Waals surface area contributed by atoms with Gasteiger partial charge in [-0.25, -0.2) is 0 Å². The molecule has 2 aromatic carbocycles. The van der Waals surface area contributed by atoms with Gasteiger partial charge < -0.3 is 5.32 Å². The van der Waals surface area contributed by atoms with Crippen LogP contribution in [0, 0.1) is 11.3 Å². The van der Waals surface area contributed by atoms with Crippen molar-refractivity contribution in [2.24, 2.45) is 0 Å². The predicted molar refractivity (Wildman–Crippen MR) is 74.6 cm³/mol. The zero-order valence-corrected chi connectivity index (χ0v) is 10.5. The molecule has 0 aliphatic heterocycles. The summed E-state index contributed by atoms with van der Waals surface area (Å²) in [6, 6.07) is 18.5. The molecule has 90 valence electrons. The molecule has 0 radical (unpaired) electrons. The SMILES string of the molecule is CNc1ccc(C#N)c(CCc2ccccc2)c1. The van der Waals surface area contributed by atoms with Crippen LogP contribution in [-0.2, 0) is 12.8 Å². The molecule has 2 nitrogen and oxygen atoms in total. The largest absolute Gasteiger partial charge is 0.388 e. The van der Waals surface area contributed by atoms with Crippen molar-refractivity contribution in [3.8, 4) is 6.07 Å². The maximum atomic E-state index is 9.11. The molecule has 0 aliphatic rings. The highest BCUT2D eigenvalue weighted by Gasteiger charge is 2.03. The Kier molecular flexibility index (Phi) is 3.98. The maximum absolute atomic E-state index is 9.11. The van der Waals surface area contributed by atoms with Gasteiger partial charge in [-0.2, -0.15) is 5.26 Å². The Morgan fingerprint density at radius 1 is 1.06 bits per heavy atom. The van der Waals surface area contributed by atoms with Crippen LogP contribution in [-0.4, -0.2) is 7.05 Å². The van der Waals surface area contributed by atoms with Gasteiger partial charge in [-0.05, 0) is 42.2 Å². The Morgan fingerprint density at radius 2 is 1.83 bits per heavy atom. The summed E-state index contributed by atoms with van der Waals surface area (Å²) in [5.74, 6) is 0. The molecule has 2 aromatic rings. The topological polar surface area (TPSA) is 35.8 Å². The number of nitrogens with one attached hydrogen (secondary N) is 1. The van der Waals surface area contributed by atoms with Gasteiger partial charge in [0.05, 0.1) is 11.6 Å². The first-order chi connectivity index (χ1) is 8.83. The van der Waals surface area contributed by atoms with Crippen LogP contribution in [0.5, 0.6) is 0 Å². The molecule has 2 rings (SSSR count). The number of nitrogens with zero attached hydrogens (tertiary/aromatic N) is 1. The third kappa shape index (κ3) is 2.89. The molecule has 0 aromatic heterocycles. The molecule has 2 heteroatoms. The molecule has 0 heterocycles. The average Bonchev–Trinajstić information content (AvgIpc) is 2.45. The van der Waals surface area contributed by atoms with Crippen molar-refractivity contribution in [1.82, 2.24) is 0 Å². The van der Waals surface area contributed by atoms with Crippen molar-refractivity contribution in [1.29, 1.82) is 5.26 Å². The van der Waals surface area contributed by atoms with E-state index in [1.54, 1.807) is 0 Å². The molecular weight excluding hydrogens is 220 g/mol. The van der Waals surface area contributed by atoms with E-state index in [-0.39, 0.29) is 0 Å². The van der Waals surface area contributed by atoms with Crippen molar-refractivity contribution in [3.63, 3.8) is 0 Å². The third-order valence-electron chi connectivity index (χ3n) is 3.04. The van der Waals surface area contributed by atoms with Crippen LogP contribution >= 0.6 is 0 Å². The van der Waals surface area contributed by atoms with Gasteiger partial charge in [0.2, 0.25) is 0 Å². The Balaban J connectivity index is 2.15. The Bertz CT molecular complexity index is 553. The molecule has 0 unspecified atom stereocenters. The fourth-order valence-electron chi connectivity index (χ4n) is 1.99. The first kappa shape index (κ1) is 12.2. The van der Waals surface area contributed by atoms with E-state index in [4.69, 9.17) is 5.26 Å². The number of anilines is 1. The van der Waals surface area contributed by atoms with Crippen molar-refractivity contribution < 1.29 is 0 Å². The number of rotatable bonds is 4. The summed E-state index contributed by atoms with van der Waals surface area (Å²) < 4.78 is 0. The Labute approximate surface area is 108 Å². The minimum Gasteiger partial charge on any atom is -0.388 e. The van der Waals surface area contributed by atoms with Crippen LogP contribution in [0.25, 0.3) is 0 Å². The molecule has 1 N–H and O–H groups in total. The van der Waals surface area contributed by atoms with Crippen LogP contribution in [0.3, 0.4) is 0 Å². The van der Waals surface area contributed by atoms with Crippen LogP contribution in [0.2, 0.25) is 0 Å². The van der Waals surface area contributed by atoms with E-state index in [0.717, 1.165) is 29.7 Å². The van der Waals surface area contributed by atoms with Gasteiger partial charge in [-0.15, -0.1) is 0 Å². The molecular formula is C16H16N2. The number of aryl methyl sites for hydroxylation is 2. The van der Waals surface area contributed by atoms with E-state index in [2.05, 4.69) is 29.6 Å². The lowest BCUT2D eigenvalue weighted by atomic mass is 10.00. The van der Waals surface area contributed by atoms with Gasteiger partial charge in [0.25, 0.3) is 0 Å². The van der Waals surface area contributed by atoms with Crippen molar-refractivity contribution in [3.05, 3.63) is 65.2 Å². The molecule has 0 spiro atoms. The predicted octanol–water partition coefficient (Wildman–Crippen LogP) is 3.39. The van der Waals surface area contributed by atoms with Crippen LogP contribution in [0.1, 0.15) is 16.7 Å². The fourth-order valence-corrected chi connectivity index (χ4v) is 1.99. The van der Waals surface area contributed by atoms with Gasteiger partial charge in [-0.1, -0.05) is 30.3 Å². The van der Waals surface area contributed by atoms with Crippen LogP contribution in [0.4, 0.5) is 5.69 Å². The van der Waals surface area contributed by atoms with Gasteiger partial charge >= 0.3 is 0 Å². The molecule has 0 fully saturated rings. The first-order valence-electron chi connectivity index (χ1n) is 6.08. The first-order valence-corrected chi connectivity index (χ1v) is 6.08. The summed E-state index contributed by atoms with van der Waals surface area (Å²) in [5.41, 5.74) is 4.23. The second kappa shape index (κ2) is 5.88. The van der Waals surface area contributed by atoms with E-state index < -0.39 is 0 Å². The van der Waals surface area contributed by atoms with Crippen LogP contribution in [0.15, 0.2) is 48.5 Å². The van der Waals surface area contributed by atoms with E-state index in [0.29, 0.717) is 0 Å². The smallest absolute Gasteiger partial charge is 0.0994 e. The normalized spacial score (nSPS) is 9.78. The second-order valence-corrected chi connectivity index (χ2v) is 4.22. The third-order valence-corrected chi connectivity index (χ3v) is 3.04. The van der Waals surface area contributed by atoms with E-state index in [1.807, 2.05) is 37.4 Å². The lowest BCUT2D eigenvalue weighted by Gasteiger charge is -2.07. The Hall–Kier alpha value is -2.27. The zero-order chi connectivity index (χ0) is 12.8. The van der Waals surface area contributed by atoms with Crippen LogP contribution < -0.4 is 5.32 Å². The molecule has 0 saturated carbocycles. The summed E-state index contributed by atoms with van der Waals surface area (Å²) in [5, 5.41) is 12.2. The fraction of sp³-hybridized carbons (Fsp3) is 0.188. The highest BCUT2D eigenvalue weighted by Crippen LogP contribution is 2.17. The number of hydrogen-bond acceptors (Lipinski definition) is 2. The molecule has 0 aliphatic carbocycles. The summed E-state index contributed by atoms with van der Waals surface area (Å²) in [4.78, 5) is 0. The van der Waals surface area contributed by atoms with Crippen molar-refractivity contribution in [2.75, 3.05) is 12.4 Å². The van der Waals surface area contributed by atoms with Gasteiger partial charge in [0, 0.05) is 12.7 Å². The molecule has 0 amide bonds. The summed E-state index contributed by atoms with van der Waals surface area (Å²) >= 11 is 0. The van der Waals surface area contributed by atoms with E-state index >= 15 is 0 Å². The number of benzene rings is 2. The van der Waals surface area contributed by atoms with E-state index in [1.165, 1.54) is 5.56 Å².